The summed E-state index contributed by atoms with van der Waals surface area (Å²) >= 11 is 0. The van der Waals surface area contributed by atoms with Crippen LogP contribution in [0.3, 0.4) is 0 Å². The fourth-order valence-corrected chi connectivity index (χ4v) is 0.975. The lowest BCUT2D eigenvalue weighted by atomic mass is 10.0. The van der Waals surface area contributed by atoms with Crippen molar-refractivity contribution >= 4 is 12.4 Å². The highest BCUT2D eigenvalue weighted by Gasteiger charge is 2.10. The van der Waals surface area contributed by atoms with Gasteiger partial charge in [0.05, 0.1) is 12.1 Å². The van der Waals surface area contributed by atoms with Crippen LogP contribution in [-0.4, -0.2) is 16.3 Å². The van der Waals surface area contributed by atoms with Crippen LogP contribution in [0.2, 0.25) is 0 Å². The zero-order valence-corrected chi connectivity index (χ0v) is 8.16. The Morgan fingerprint density at radius 3 is 2.08 bits per heavy atom. The first-order valence-corrected chi connectivity index (χ1v) is 3.84. The van der Waals surface area contributed by atoms with Gasteiger partial charge in [-0.1, -0.05) is 12.1 Å². The summed E-state index contributed by atoms with van der Waals surface area (Å²) < 4.78 is 0. The predicted molar refractivity (Wildman–Crippen MR) is 54.0 cm³/mol. The number of phenolic OH excluding ortho intramolecular Hbond substituents is 1. The van der Waals surface area contributed by atoms with Gasteiger partial charge >= 0.3 is 0 Å². The van der Waals surface area contributed by atoms with E-state index in [-0.39, 0.29) is 24.2 Å². The summed E-state index contributed by atoms with van der Waals surface area (Å²) in [5, 5.41) is 18.1. The van der Waals surface area contributed by atoms with Crippen LogP contribution < -0.4 is 5.73 Å². The zero-order chi connectivity index (χ0) is 9.14. The molecule has 2 atom stereocenters. The van der Waals surface area contributed by atoms with E-state index in [4.69, 9.17) is 15.9 Å². The Hall–Kier alpha value is -0.770. The van der Waals surface area contributed by atoms with E-state index in [9.17, 15) is 0 Å². The Morgan fingerprint density at radius 1 is 1.23 bits per heavy atom. The number of aliphatic hydroxyl groups excluding tert-OH is 1. The van der Waals surface area contributed by atoms with Crippen molar-refractivity contribution in [3.63, 3.8) is 0 Å². The molecule has 4 heteroatoms. The number of aliphatic hydroxyl groups is 1. The topological polar surface area (TPSA) is 66.5 Å². The average Bonchev–Trinajstić information content (AvgIpc) is 2.04. The molecular formula is C9H14ClNO2. The molecule has 0 unspecified atom stereocenters. The number of nitrogens with two attached hydrogens (primary N) is 1. The number of benzene rings is 1. The van der Waals surface area contributed by atoms with Gasteiger partial charge in [0.15, 0.2) is 0 Å². The van der Waals surface area contributed by atoms with E-state index < -0.39 is 6.10 Å². The Labute approximate surface area is 83.6 Å². The molecule has 74 valence electrons. The maximum atomic E-state index is 9.16. The van der Waals surface area contributed by atoms with Gasteiger partial charge in [-0.15, -0.1) is 12.4 Å². The summed E-state index contributed by atoms with van der Waals surface area (Å²) in [5.74, 6) is 0.205. The van der Waals surface area contributed by atoms with Gasteiger partial charge in [0.25, 0.3) is 0 Å². The molecule has 0 aliphatic heterocycles. The lowest BCUT2D eigenvalue weighted by Crippen LogP contribution is -2.22. The van der Waals surface area contributed by atoms with Crippen molar-refractivity contribution in [3.05, 3.63) is 29.8 Å². The van der Waals surface area contributed by atoms with Crippen LogP contribution in [0.15, 0.2) is 24.3 Å². The normalized spacial score (nSPS) is 14.4. The first kappa shape index (κ1) is 12.2. The highest BCUT2D eigenvalue weighted by atomic mass is 35.5. The van der Waals surface area contributed by atoms with Crippen molar-refractivity contribution in [2.24, 2.45) is 5.73 Å². The molecule has 13 heavy (non-hydrogen) atoms. The largest absolute Gasteiger partial charge is 0.508 e. The van der Waals surface area contributed by atoms with E-state index in [0.29, 0.717) is 0 Å². The summed E-state index contributed by atoms with van der Waals surface area (Å²) in [7, 11) is 0. The summed E-state index contributed by atoms with van der Waals surface area (Å²) in [6.07, 6.45) is -0.574. The van der Waals surface area contributed by atoms with Crippen LogP contribution >= 0.6 is 12.4 Å². The molecule has 0 aliphatic carbocycles. The second-order valence-electron chi connectivity index (χ2n) is 2.86. The van der Waals surface area contributed by atoms with Gasteiger partial charge in [0, 0.05) is 0 Å². The number of phenols is 1. The van der Waals surface area contributed by atoms with Crippen LogP contribution in [0.25, 0.3) is 0 Å². The summed E-state index contributed by atoms with van der Waals surface area (Å²) in [6, 6.07) is 6.12. The lowest BCUT2D eigenvalue weighted by molar-refractivity contribution is 0.164. The molecule has 4 N–H and O–H groups in total. The fraction of sp³-hybridized carbons (Fsp3) is 0.333. The predicted octanol–water partition coefficient (Wildman–Crippen LogP) is 1.19. The second kappa shape index (κ2) is 5.07. The van der Waals surface area contributed by atoms with Gasteiger partial charge in [-0.3, -0.25) is 0 Å². The van der Waals surface area contributed by atoms with Crippen LogP contribution in [-0.2, 0) is 0 Å². The Balaban J connectivity index is 0.00000144. The van der Waals surface area contributed by atoms with Crippen molar-refractivity contribution in [2.45, 2.75) is 19.1 Å². The molecule has 1 aromatic carbocycles. The average molecular weight is 204 g/mol. The minimum Gasteiger partial charge on any atom is -0.508 e. The van der Waals surface area contributed by atoms with Gasteiger partial charge < -0.3 is 15.9 Å². The van der Waals surface area contributed by atoms with Gasteiger partial charge in [0.1, 0.15) is 5.75 Å². The van der Waals surface area contributed by atoms with Crippen molar-refractivity contribution in [2.75, 3.05) is 0 Å². The Bertz CT molecular complexity index is 248. The Morgan fingerprint density at radius 2 is 1.69 bits per heavy atom. The Kier molecular flexibility index (Phi) is 4.77. The molecule has 0 radical (unpaired) electrons. The highest BCUT2D eigenvalue weighted by molar-refractivity contribution is 5.85. The van der Waals surface area contributed by atoms with Crippen molar-refractivity contribution in [1.82, 2.24) is 0 Å². The lowest BCUT2D eigenvalue weighted by Gasteiger charge is -2.14. The molecule has 0 heterocycles. The smallest absolute Gasteiger partial charge is 0.115 e. The third-order valence-corrected chi connectivity index (χ3v) is 1.80. The fourth-order valence-electron chi connectivity index (χ4n) is 0.975. The highest BCUT2D eigenvalue weighted by Crippen LogP contribution is 2.17. The third kappa shape index (κ3) is 3.22. The molecule has 0 fully saturated rings. The zero-order valence-electron chi connectivity index (χ0n) is 7.34. The quantitative estimate of drug-likeness (QED) is 0.677. The third-order valence-electron chi connectivity index (χ3n) is 1.80. The molecule has 0 saturated carbocycles. The van der Waals surface area contributed by atoms with Crippen LogP contribution in [0.1, 0.15) is 18.5 Å². The minimum absolute atomic E-state index is 0. The molecule has 0 aliphatic rings. The van der Waals surface area contributed by atoms with E-state index in [0.717, 1.165) is 5.56 Å². The van der Waals surface area contributed by atoms with Gasteiger partial charge in [-0.05, 0) is 24.6 Å². The van der Waals surface area contributed by atoms with Crippen molar-refractivity contribution in [3.8, 4) is 5.75 Å². The number of hydrogen-bond acceptors (Lipinski definition) is 3. The van der Waals surface area contributed by atoms with Gasteiger partial charge in [-0.2, -0.15) is 0 Å². The molecule has 0 spiro atoms. The van der Waals surface area contributed by atoms with E-state index in [1.165, 1.54) is 0 Å². The number of halogens is 1. The van der Waals surface area contributed by atoms with Crippen molar-refractivity contribution in [1.29, 1.82) is 0 Å². The van der Waals surface area contributed by atoms with Gasteiger partial charge in [-0.25, -0.2) is 0 Å². The summed E-state index contributed by atoms with van der Waals surface area (Å²) in [4.78, 5) is 0. The van der Waals surface area contributed by atoms with Crippen LogP contribution in [0.4, 0.5) is 0 Å². The molecule has 0 amide bonds. The monoisotopic (exact) mass is 203 g/mol. The second-order valence-corrected chi connectivity index (χ2v) is 2.86. The minimum atomic E-state index is -0.574. The summed E-state index contributed by atoms with van der Waals surface area (Å²) in [6.45, 7) is 1.64. The molecular weight excluding hydrogens is 190 g/mol. The maximum Gasteiger partial charge on any atom is 0.115 e. The SMILES string of the molecule is C[C@H](O)[C@H](N)c1ccc(O)cc1.Cl. The summed E-state index contributed by atoms with van der Waals surface area (Å²) in [5.41, 5.74) is 6.48. The first-order valence-electron chi connectivity index (χ1n) is 3.84. The number of hydrogen-bond donors (Lipinski definition) is 3. The molecule has 1 rings (SSSR count). The maximum absolute atomic E-state index is 9.16. The van der Waals surface area contributed by atoms with Crippen molar-refractivity contribution < 1.29 is 10.2 Å². The van der Waals surface area contributed by atoms with Gasteiger partial charge in [0.2, 0.25) is 0 Å². The van der Waals surface area contributed by atoms with Crippen LogP contribution in [0, 0.1) is 0 Å². The first-order chi connectivity index (χ1) is 5.61. The molecule has 3 nitrogen and oxygen atoms in total. The molecule has 0 saturated heterocycles. The molecule has 0 bridgehead atoms. The van der Waals surface area contributed by atoms with E-state index in [1.54, 1.807) is 31.2 Å². The molecule has 0 aromatic heterocycles. The number of aromatic hydroxyl groups is 1. The van der Waals surface area contributed by atoms with E-state index in [2.05, 4.69) is 0 Å². The van der Waals surface area contributed by atoms with E-state index in [1.807, 2.05) is 0 Å². The number of rotatable bonds is 2. The molecule has 1 aromatic rings. The van der Waals surface area contributed by atoms with E-state index >= 15 is 0 Å². The van der Waals surface area contributed by atoms with Crippen LogP contribution in [0.5, 0.6) is 5.75 Å². The standard InChI is InChI=1S/C9H13NO2.ClH/c1-6(11)9(10)7-2-4-8(12)5-3-7;/h2-6,9,11-12H,10H2,1H3;1H/t6-,9-;/m0./s1.